The van der Waals surface area contributed by atoms with Gasteiger partial charge in [-0.25, -0.2) is 14.1 Å². The number of carbonyl (C=O) groups is 1. The Bertz CT molecular complexity index is 1330. The van der Waals surface area contributed by atoms with Crippen LogP contribution in [0.2, 0.25) is 0 Å². The van der Waals surface area contributed by atoms with Crippen LogP contribution in [0.15, 0.2) is 36.5 Å². The van der Waals surface area contributed by atoms with E-state index >= 15 is 0 Å². The number of nitriles is 1. The quantitative estimate of drug-likeness (QED) is 0.621. The van der Waals surface area contributed by atoms with E-state index in [2.05, 4.69) is 15.2 Å². The largest absolute Gasteiger partial charge is 0.377 e. The Morgan fingerprint density at radius 3 is 2.82 bits per heavy atom. The molecule has 10 heteroatoms. The van der Waals surface area contributed by atoms with E-state index in [-0.39, 0.29) is 35.4 Å². The van der Waals surface area contributed by atoms with Gasteiger partial charge in [0.25, 0.3) is 5.91 Å². The second-order valence-electron chi connectivity index (χ2n) is 8.55. The number of aromatic nitrogens is 3. The van der Waals surface area contributed by atoms with Crippen molar-refractivity contribution in [2.24, 2.45) is 0 Å². The number of pyridine rings is 1. The number of ether oxygens (including phenoxy) is 2. The van der Waals surface area contributed by atoms with E-state index in [9.17, 15) is 14.4 Å². The van der Waals surface area contributed by atoms with E-state index in [0.717, 1.165) is 0 Å². The van der Waals surface area contributed by atoms with Crippen molar-refractivity contribution in [3.05, 3.63) is 59.2 Å². The maximum Gasteiger partial charge on any atom is 0.255 e. The summed E-state index contributed by atoms with van der Waals surface area (Å²) in [5.74, 6) is -0.142. The van der Waals surface area contributed by atoms with Gasteiger partial charge in [-0.15, -0.1) is 0 Å². The van der Waals surface area contributed by atoms with Gasteiger partial charge < -0.3 is 19.7 Å². The Morgan fingerprint density at radius 2 is 2.12 bits per heavy atom. The Hall–Kier alpha value is -3.81. The molecule has 1 aromatic carbocycles. The van der Waals surface area contributed by atoms with Crippen LogP contribution in [0.5, 0.6) is 0 Å². The van der Waals surface area contributed by atoms with Crippen molar-refractivity contribution in [3.8, 4) is 23.0 Å². The second kappa shape index (κ2) is 8.20. The predicted molar refractivity (Wildman–Crippen MR) is 121 cm³/mol. The number of nitrogens with one attached hydrogen (secondary N) is 1. The van der Waals surface area contributed by atoms with Gasteiger partial charge in [-0.05, 0) is 25.1 Å². The minimum atomic E-state index is -0.558. The van der Waals surface area contributed by atoms with E-state index < -0.39 is 11.4 Å². The zero-order chi connectivity index (χ0) is 24.0. The summed E-state index contributed by atoms with van der Waals surface area (Å²) in [5, 5.41) is 17.0. The minimum Gasteiger partial charge on any atom is -0.377 e. The smallest absolute Gasteiger partial charge is 0.255 e. The number of amides is 1. The summed E-state index contributed by atoms with van der Waals surface area (Å²) in [6, 6.07) is 9.76. The molecule has 1 amide bonds. The summed E-state index contributed by atoms with van der Waals surface area (Å²) in [6.07, 6.45) is 1.62. The van der Waals surface area contributed by atoms with Crippen LogP contribution >= 0.6 is 0 Å². The molecule has 1 N–H and O–H groups in total. The molecule has 5 rings (SSSR count). The van der Waals surface area contributed by atoms with Crippen LogP contribution in [-0.4, -0.2) is 59.7 Å². The maximum atomic E-state index is 14.7. The van der Waals surface area contributed by atoms with Gasteiger partial charge in [0.05, 0.1) is 52.9 Å². The van der Waals surface area contributed by atoms with E-state index in [1.54, 1.807) is 31.2 Å². The highest BCUT2D eigenvalue weighted by atomic mass is 19.1. The van der Waals surface area contributed by atoms with Crippen LogP contribution < -0.4 is 10.2 Å². The number of halogens is 1. The molecule has 1 saturated heterocycles. The molecule has 1 fully saturated rings. The summed E-state index contributed by atoms with van der Waals surface area (Å²) in [5.41, 5.74) is 1.37. The lowest BCUT2D eigenvalue weighted by atomic mass is 10.0. The third-order valence-electron chi connectivity index (χ3n) is 6.58. The van der Waals surface area contributed by atoms with E-state index in [4.69, 9.17) is 14.6 Å². The fourth-order valence-corrected chi connectivity index (χ4v) is 4.65. The molecule has 4 heterocycles. The van der Waals surface area contributed by atoms with Crippen LogP contribution in [-0.2, 0) is 16.0 Å². The fraction of sp³-hybridized carbons (Fsp3) is 0.333. The molecule has 0 radical (unpaired) electrons. The van der Waals surface area contributed by atoms with E-state index in [1.165, 1.54) is 18.2 Å². The number of rotatable bonds is 5. The number of benzene rings is 1. The summed E-state index contributed by atoms with van der Waals surface area (Å²) in [7, 11) is 3.31. The van der Waals surface area contributed by atoms with Crippen LogP contribution in [0.3, 0.4) is 0 Å². The van der Waals surface area contributed by atoms with Crippen molar-refractivity contribution in [3.63, 3.8) is 0 Å². The predicted octanol–water partition coefficient (Wildman–Crippen LogP) is 2.43. The SMILES string of the molecule is CO[C@H]1CN(c2ccn(-c3cc(-c4c(F)cccc4C#N)nc4c3C(=O)NC4)n2)C[C@@]1(C)OC. The summed E-state index contributed by atoms with van der Waals surface area (Å²) in [6.45, 7) is 3.39. The average molecular weight is 462 g/mol. The monoisotopic (exact) mass is 462 g/mol. The molecular weight excluding hydrogens is 439 g/mol. The third-order valence-corrected chi connectivity index (χ3v) is 6.58. The number of hydrogen-bond acceptors (Lipinski definition) is 7. The van der Waals surface area contributed by atoms with Gasteiger partial charge in [-0.1, -0.05) is 6.07 Å². The first-order chi connectivity index (χ1) is 16.4. The lowest BCUT2D eigenvalue weighted by molar-refractivity contribution is -0.0746. The second-order valence-corrected chi connectivity index (χ2v) is 8.55. The first-order valence-corrected chi connectivity index (χ1v) is 10.8. The number of fused-ring (bicyclic) bond motifs is 1. The zero-order valence-corrected chi connectivity index (χ0v) is 19.0. The van der Waals surface area contributed by atoms with Gasteiger partial charge in [-0.2, -0.15) is 10.4 Å². The van der Waals surface area contributed by atoms with Crippen molar-refractivity contribution in [2.75, 3.05) is 32.2 Å². The minimum absolute atomic E-state index is 0.0964. The van der Waals surface area contributed by atoms with E-state index in [0.29, 0.717) is 35.9 Å². The molecule has 2 aromatic heterocycles. The normalized spacial score (nSPS) is 21.4. The van der Waals surface area contributed by atoms with Crippen molar-refractivity contribution < 1.29 is 18.7 Å². The summed E-state index contributed by atoms with van der Waals surface area (Å²) < 4.78 is 27.6. The van der Waals surface area contributed by atoms with Crippen molar-refractivity contribution in [1.82, 2.24) is 20.1 Å². The third kappa shape index (κ3) is 3.41. The van der Waals surface area contributed by atoms with Crippen LogP contribution in [0.4, 0.5) is 10.2 Å². The first kappa shape index (κ1) is 22.0. The standard InChI is InChI=1S/C24H23FN6O3/c1-24(34-3)13-30(12-19(24)33-2)20-7-8-31(29-20)18-9-16(28-17-11-27-23(32)22(17)18)21-14(10-26)5-4-6-15(21)25/h4-9,19H,11-13H2,1-3H3,(H,27,32)/t19-,24+/m0/s1. The molecule has 34 heavy (non-hydrogen) atoms. The Kier molecular flexibility index (Phi) is 5.31. The number of carbonyl (C=O) groups excluding carboxylic acids is 1. The molecule has 0 saturated carbocycles. The van der Waals surface area contributed by atoms with Gasteiger partial charge in [0.1, 0.15) is 17.5 Å². The maximum absolute atomic E-state index is 14.7. The van der Waals surface area contributed by atoms with Crippen molar-refractivity contribution >= 4 is 11.7 Å². The number of anilines is 1. The lowest BCUT2D eigenvalue weighted by Gasteiger charge is -2.27. The molecular formula is C24H23FN6O3. The average Bonchev–Trinajstić information content (AvgIpc) is 3.56. The van der Waals surface area contributed by atoms with Crippen molar-refractivity contribution in [1.29, 1.82) is 5.26 Å². The Morgan fingerprint density at radius 1 is 1.29 bits per heavy atom. The number of hydrogen-bond donors (Lipinski definition) is 1. The van der Waals surface area contributed by atoms with Gasteiger partial charge in [-0.3, -0.25) is 4.79 Å². The van der Waals surface area contributed by atoms with E-state index in [1.807, 2.05) is 19.1 Å². The van der Waals surface area contributed by atoms with Gasteiger partial charge >= 0.3 is 0 Å². The van der Waals surface area contributed by atoms with Gasteiger partial charge in [0, 0.05) is 33.0 Å². The van der Waals surface area contributed by atoms with Gasteiger partial charge in [0.15, 0.2) is 5.82 Å². The molecule has 2 atom stereocenters. The van der Waals surface area contributed by atoms with Crippen LogP contribution in [0.25, 0.3) is 16.9 Å². The highest BCUT2D eigenvalue weighted by Gasteiger charge is 2.44. The highest BCUT2D eigenvalue weighted by Crippen LogP contribution is 2.33. The van der Waals surface area contributed by atoms with Crippen LogP contribution in [0, 0.1) is 17.1 Å². The Balaban J connectivity index is 1.59. The summed E-state index contributed by atoms with van der Waals surface area (Å²) in [4.78, 5) is 19.2. The molecule has 2 aliphatic heterocycles. The molecule has 174 valence electrons. The number of methoxy groups -OCH3 is 2. The number of nitrogens with zero attached hydrogens (tertiary/aromatic N) is 5. The highest BCUT2D eigenvalue weighted by molar-refractivity contribution is 6.01. The van der Waals surface area contributed by atoms with Crippen molar-refractivity contribution in [2.45, 2.75) is 25.2 Å². The lowest BCUT2D eigenvalue weighted by Crippen LogP contribution is -2.41. The Labute approximate surface area is 195 Å². The molecule has 3 aromatic rings. The molecule has 0 spiro atoms. The molecule has 2 aliphatic rings. The molecule has 0 unspecified atom stereocenters. The molecule has 9 nitrogen and oxygen atoms in total. The molecule has 0 bridgehead atoms. The van der Waals surface area contributed by atoms with Gasteiger partial charge in [0.2, 0.25) is 0 Å². The van der Waals surface area contributed by atoms with Crippen LogP contribution in [0.1, 0.15) is 28.5 Å². The first-order valence-electron chi connectivity index (χ1n) is 10.8. The topological polar surface area (TPSA) is 105 Å². The molecule has 0 aliphatic carbocycles. The zero-order valence-electron chi connectivity index (χ0n) is 19.0. The summed E-state index contributed by atoms with van der Waals surface area (Å²) >= 11 is 0. The fourth-order valence-electron chi connectivity index (χ4n) is 4.65.